The summed E-state index contributed by atoms with van der Waals surface area (Å²) in [5, 5.41) is 3.31. The molecule has 1 rings (SSSR count). The monoisotopic (exact) mass is 300 g/mol. The normalized spacial score (nSPS) is 10.0. The van der Waals surface area contributed by atoms with E-state index in [2.05, 4.69) is 31.0 Å². The summed E-state index contributed by atoms with van der Waals surface area (Å²) in [7, 11) is 1.42. The van der Waals surface area contributed by atoms with Gasteiger partial charge in [-0.05, 0) is 34.8 Å². The van der Waals surface area contributed by atoms with E-state index in [1.807, 2.05) is 6.07 Å². The van der Waals surface area contributed by atoms with Crippen LogP contribution in [0.15, 0.2) is 22.9 Å². The van der Waals surface area contributed by atoms with E-state index in [0.717, 1.165) is 36.0 Å². The SMILES string of the molecule is COC(=O)CCCCCNc1ccncc1Br. The van der Waals surface area contributed by atoms with Gasteiger partial charge in [0, 0.05) is 25.4 Å². The van der Waals surface area contributed by atoms with Gasteiger partial charge in [0.2, 0.25) is 0 Å². The van der Waals surface area contributed by atoms with Crippen LogP contribution in [0.4, 0.5) is 5.69 Å². The molecule has 0 aromatic carbocycles. The molecular formula is C12H17BrN2O2. The highest BCUT2D eigenvalue weighted by molar-refractivity contribution is 9.10. The Kier molecular flexibility index (Phi) is 6.62. The molecule has 0 amide bonds. The van der Waals surface area contributed by atoms with Crippen molar-refractivity contribution in [2.75, 3.05) is 19.0 Å². The first-order valence-electron chi connectivity index (χ1n) is 5.64. The molecule has 0 bridgehead atoms. The summed E-state index contributed by atoms with van der Waals surface area (Å²) in [6.45, 7) is 0.893. The molecule has 0 atom stereocenters. The zero-order chi connectivity index (χ0) is 12.5. The predicted molar refractivity (Wildman–Crippen MR) is 70.9 cm³/mol. The zero-order valence-corrected chi connectivity index (χ0v) is 11.5. The maximum absolute atomic E-state index is 10.9. The van der Waals surface area contributed by atoms with Gasteiger partial charge < -0.3 is 10.1 Å². The molecule has 1 aromatic heterocycles. The molecule has 0 radical (unpaired) electrons. The van der Waals surface area contributed by atoms with Gasteiger partial charge in [-0.15, -0.1) is 0 Å². The van der Waals surface area contributed by atoms with Crippen molar-refractivity contribution in [2.45, 2.75) is 25.7 Å². The number of unbranched alkanes of at least 4 members (excludes halogenated alkanes) is 2. The fourth-order valence-electron chi connectivity index (χ4n) is 1.41. The molecule has 0 unspecified atom stereocenters. The molecule has 1 N–H and O–H groups in total. The topological polar surface area (TPSA) is 51.2 Å². The summed E-state index contributed by atoms with van der Waals surface area (Å²) < 4.78 is 5.54. The number of methoxy groups -OCH3 is 1. The summed E-state index contributed by atoms with van der Waals surface area (Å²) >= 11 is 3.42. The quantitative estimate of drug-likeness (QED) is 0.621. The number of carbonyl (C=O) groups excluding carboxylic acids is 1. The third kappa shape index (κ3) is 5.68. The van der Waals surface area contributed by atoms with Crippen LogP contribution < -0.4 is 5.32 Å². The number of halogens is 1. The lowest BCUT2D eigenvalue weighted by Gasteiger charge is -2.07. The third-order valence-corrected chi connectivity index (χ3v) is 3.01. The summed E-state index contributed by atoms with van der Waals surface area (Å²) in [5.74, 6) is -0.130. The van der Waals surface area contributed by atoms with E-state index in [9.17, 15) is 4.79 Å². The van der Waals surface area contributed by atoms with Crippen molar-refractivity contribution < 1.29 is 9.53 Å². The predicted octanol–water partition coefficient (Wildman–Crippen LogP) is 2.99. The summed E-state index contributed by atoms with van der Waals surface area (Å²) in [6, 6.07) is 1.93. The minimum Gasteiger partial charge on any atom is -0.469 e. The Labute approximate surface area is 110 Å². The number of hydrogen-bond acceptors (Lipinski definition) is 4. The van der Waals surface area contributed by atoms with Crippen molar-refractivity contribution in [3.8, 4) is 0 Å². The summed E-state index contributed by atoms with van der Waals surface area (Å²) in [6.07, 6.45) is 6.96. The van der Waals surface area contributed by atoms with Crippen LogP contribution in [0.1, 0.15) is 25.7 Å². The van der Waals surface area contributed by atoms with Crippen molar-refractivity contribution >= 4 is 27.6 Å². The number of ether oxygens (including phenoxy) is 1. The van der Waals surface area contributed by atoms with Gasteiger partial charge >= 0.3 is 5.97 Å². The van der Waals surface area contributed by atoms with Crippen molar-refractivity contribution in [2.24, 2.45) is 0 Å². The van der Waals surface area contributed by atoms with Crippen molar-refractivity contribution in [1.29, 1.82) is 0 Å². The average molecular weight is 301 g/mol. The molecule has 0 spiro atoms. The Morgan fingerprint density at radius 2 is 2.29 bits per heavy atom. The lowest BCUT2D eigenvalue weighted by atomic mass is 10.2. The molecule has 0 saturated heterocycles. The zero-order valence-electron chi connectivity index (χ0n) is 9.91. The van der Waals surface area contributed by atoms with Crippen LogP contribution in [0.3, 0.4) is 0 Å². The molecule has 0 aliphatic carbocycles. The molecule has 4 nitrogen and oxygen atoms in total. The lowest BCUT2D eigenvalue weighted by Crippen LogP contribution is -2.03. The first kappa shape index (κ1) is 14.0. The van der Waals surface area contributed by atoms with Crippen LogP contribution in [-0.2, 0) is 9.53 Å². The number of anilines is 1. The van der Waals surface area contributed by atoms with E-state index in [-0.39, 0.29) is 5.97 Å². The van der Waals surface area contributed by atoms with E-state index < -0.39 is 0 Å². The Morgan fingerprint density at radius 3 is 3.00 bits per heavy atom. The Hall–Kier alpha value is -1.10. The van der Waals surface area contributed by atoms with Gasteiger partial charge in [-0.25, -0.2) is 0 Å². The number of aromatic nitrogens is 1. The second-order valence-corrected chi connectivity index (χ2v) is 4.52. The van der Waals surface area contributed by atoms with Crippen molar-refractivity contribution in [3.63, 3.8) is 0 Å². The van der Waals surface area contributed by atoms with Gasteiger partial charge in [0.05, 0.1) is 17.3 Å². The molecule has 0 fully saturated rings. The van der Waals surface area contributed by atoms with Crippen LogP contribution in [-0.4, -0.2) is 24.6 Å². The van der Waals surface area contributed by atoms with Crippen molar-refractivity contribution in [3.05, 3.63) is 22.9 Å². The number of nitrogens with one attached hydrogen (secondary N) is 1. The van der Waals surface area contributed by atoms with E-state index in [1.165, 1.54) is 7.11 Å². The number of carbonyl (C=O) groups is 1. The number of pyridine rings is 1. The van der Waals surface area contributed by atoms with E-state index >= 15 is 0 Å². The minimum absolute atomic E-state index is 0.130. The number of rotatable bonds is 7. The minimum atomic E-state index is -0.130. The number of hydrogen-bond donors (Lipinski definition) is 1. The Balaban J connectivity index is 2.09. The van der Waals surface area contributed by atoms with E-state index in [1.54, 1.807) is 12.4 Å². The molecule has 94 valence electrons. The number of esters is 1. The highest BCUT2D eigenvalue weighted by Crippen LogP contribution is 2.19. The maximum Gasteiger partial charge on any atom is 0.305 e. The Morgan fingerprint density at radius 1 is 1.47 bits per heavy atom. The van der Waals surface area contributed by atoms with Crippen LogP contribution in [0.2, 0.25) is 0 Å². The molecule has 0 saturated carbocycles. The molecule has 5 heteroatoms. The Bertz CT molecular complexity index is 358. The van der Waals surface area contributed by atoms with Gasteiger partial charge in [-0.2, -0.15) is 0 Å². The van der Waals surface area contributed by atoms with Gasteiger partial charge in [-0.1, -0.05) is 6.42 Å². The van der Waals surface area contributed by atoms with Gasteiger partial charge in [0.25, 0.3) is 0 Å². The van der Waals surface area contributed by atoms with E-state index in [4.69, 9.17) is 0 Å². The smallest absolute Gasteiger partial charge is 0.305 e. The van der Waals surface area contributed by atoms with Gasteiger partial charge in [-0.3, -0.25) is 9.78 Å². The van der Waals surface area contributed by atoms with Crippen LogP contribution in [0, 0.1) is 0 Å². The van der Waals surface area contributed by atoms with Gasteiger partial charge in [0.15, 0.2) is 0 Å². The molecule has 1 heterocycles. The molecule has 17 heavy (non-hydrogen) atoms. The van der Waals surface area contributed by atoms with Crippen LogP contribution in [0.25, 0.3) is 0 Å². The second-order valence-electron chi connectivity index (χ2n) is 3.67. The van der Waals surface area contributed by atoms with Gasteiger partial charge in [0.1, 0.15) is 0 Å². The maximum atomic E-state index is 10.9. The summed E-state index contributed by atoms with van der Waals surface area (Å²) in [4.78, 5) is 14.9. The van der Waals surface area contributed by atoms with E-state index in [0.29, 0.717) is 6.42 Å². The van der Waals surface area contributed by atoms with Crippen LogP contribution in [0.5, 0.6) is 0 Å². The lowest BCUT2D eigenvalue weighted by molar-refractivity contribution is -0.140. The first-order chi connectivity index (χ1) is 8.24. The molecule has 0 aliphatic rings. The standard InChI is InChI=1S/C12H17BrN2O2/c1-17-12(16)5-3-2-4-7-15-11-6-8-14-9-10(11)13/h6,8-9H,2-5,7H2,1H3,(H,14,15). The summed E-state index contributed by atoms with van der Waals surface area (Å²) in [5.41, 5.74) is 1.05. The average Bonchev–Trinajstić information content (AvgIpc) is 2.35. The highest BCUT2D eigenvalue weighted by atomic mass is 79.9. The molecule has 0 aliphatic heterocycles. The largest absolute Gasteiger partial charge is 0.469 e. The third-order valence-electron chi connectivity index (χ3n) is 2.37. The molecular weight excluding hydrogens is 284 g/mol. The fourth-order valence-corrected chi connectivity index (χ4v) is 1.81. The first-order valence-corrected chi connectivity index (χ1v) is 6.43. The molecule has 1 aromatic rings. The van der Waals surface area contributed by atoms with Crippen LogP contribution >= 0.6 is 15.9 Å². The highest BCUT2D eigenvalue weighted by Gasteiger charge is 2.00. The number of nitrogens with zero attached hydrogens (tertiary/aromatic N) is 1. The fraction of sp³-hybridized carbons (Fsp3) is 0.500. The second kappa shape index (κ2) is 8.06. The van der Waals surface area contributed by atoms with Crippen molar-refractivity contribution in [1.82, 2.24) is 4.98 Å².